The highest BCUT2D eigenvalue weighted by atomic mass is 16.2. The molecule has 0 aliphatic carbocycles. The van der Waals surface area contributed by atoms with Gasteiger partial charge in [0.25, 0.3) is 0 Å². The summed E-state index contributed by atoms with van der Waals surface area (Å²) >= 11 is 0. The molecular weight excluding hydrogens is 202 g/mol. The van der Waals surface area contributed by atoms with E-state index in [1.807, 2.05) is 29.5 Å². The molecule has 0 radical (unpaired) electrons. The Morgan fingerprint density at radius 3 is 2.50 bits per heavy atom. The first kappa shape index (κ1) is 12.7. The van der Waals surface area contributed by atoms with E-state index in [1.165, 1.54) is 6.42 Å². The maximum absolute atomic E-state index is 11.7. The van der Waals surface area contributed by atoms with Crippen molar-refractivity contribution < 1.29 is 4.79 Å². The summed E-state index contributed by atoms with van der Waals surface area (Å²) in [6.45, 7) is 6.28. The third-order valence-corrected chi connectivity index (χ3v) is 2.59. The Kier molecular flexibility index (Phi) is 5.61. The minimum Gasteiger partial charge on any atom is -0.341 e. The fourth-order valence-electron chi connectivity index (χ4n) is 1.78. The van der Waals surface area contributed by atoms with Gasteiger partial charge < -0.3 is 9.47 Å². The maximum atomic E-state index is 11.7. The van der Waals surface area contributed by atoms with Gasteiger partial charge in [-0.1, -0.05) is 13.8 Å². The van der Waals surface area contributed by atoms with Gasteiger partial charge in [0.2, 0.25) is 5.91 Å². The van der Waals surface area contributed by atoms with Crippen molar-refractivity contribution in [1.82, 2.24) is 14.5 Å². The molecule has 0 atom stereocenters. The van der Waals surface area contributed by atoms with Gasteiger partial charge in [-0.3, -0.25) is 4.79 Å². The molecule has 4 nitrogen and oxygen atoms in total. The minimum absolute atomic E-state index is 0.211. The number of piperidine rings is 1. The Balaban J connectivity index is 0.000000606. The summed E-state index contributed by atoms with van der Waals surface area (Å²) in [5, 5.41) is 0. The monoisotopic (exact) mass is 223 g/mol. The molecule has 1 aliphatic rings. The zero-order valence-corrected chi connectivity index (χ0v) is 10.2. The lowest BCUT2D eigenvalue weighted by molar-refractivity contribution is -0.132. The Hall–Kier alpha value is -1.32. The van der Waals surface area contributed by atoms with Gasteiger partial charge in [-0.15, -0.1) is 0 Å². The standard InChI is InChI=1S/C10H15N3O.C2H6/c14-10(8-12-7-4-11-9-12)13-5-2-1-3-6-13;1-2/h4,7,9H,1-3,5-6,8H2;1-2H3. The van der Waals surface area contributed by atoms with E-state index in [0.29, 0.717) is 6.54 Å². The Morgan fingerprint density at radius 2 is 1.94 bits per heavy atom. The van der Waals surface area contributed by atoms with Gasteiger partial charge in [-0.05, 0) is 19.3 Å². The van der Waals surface area contributed by atoms with E-state index in [2.05, 4.69) is 4.98 Å². The SMILES string of the molecule is CC.O=C(Cn1ccnc1)N1CCCCC1. The zero-order chi connectivity index (χ0) is 11.8. The number of amides is 1. The molecule has 1 aliphatic heterocycles. The molecule has 1 amide bonds. The van der Waals surface area contributed by atoms with Crippen LogP contribution in [0.25, 0.3) is 0 Å². The summed E-state index contributed by atoms with van der Waals surface area (Å²) in [7, 11) is 0. The summed E-state index contributed by atoms with van der Waals surface area (Å²) in [6, 6.07) is 0. The molecule has 16 heavy (non-hydrogen) atoms. The van der Waals surface area contributed by atoms with E-state index in [0.717, 1.165) is 25.9 Å². The van der Waals surface area contributed by atoms with Crippen molar-refractivity contribution in [3.63, 3.8) is 0 Å². The molecule has 0 unspecified atom stereocenters. The Bertz CT molecular complexity index is 289. The van der Waals surface area contributed by atoms with Gasteiger partial charge in [0.15, 0.2) is 0 Å². The third kappa shape index (κ3) is 3.68. The molecule has 0 bridgehead atoms. The Labute approximate surface area is 97.3 Å². The van der Waals surface area contributed by atoms with Gasteiger partial charge >= 0.3 is 0 Å². The molecule has 0 saturated carbocycles. The van der Waals surface area contributed by atoms with E-state index in [4.69, 9.17) is 0 Å². The van der Waals surface area contributed by atoms with Crippen LogP contribution < -0.4 is 0 Å². The van der Waals surface area contributed by atoms with Gasteiger partial charge in [0.05, 0.1) is 6.33 Å². The molecule has 0 N–H and O–H groups in total. The molecule has 2 heterocycles. The fraction of sp³-hybridized carbons (Fsp3) is 0.667. The largest absolute Gasteiger partial charge is 0.341 e. The smallest absolute Gasteiger partial charge is 0.242 e. The van der Waals surface area contributed by atoms with Gasteiger partial charge in [-0.25, -0.2) is 4.98 Å². The highest BCUT2D eigenvalue weighted by Gasteiger charge is 2.15. The lowest BCUT2D eigenvalue weighted by Crippen LogP contribution is -2.37. The first-order chi connectivity index (χ1) is 7.86. The van der Waals surface area contributed by atoms with Crippen molar-refractivity contribution in [2.45, 2.75) is 39.7 Å². The lowest BCUT2D eigenvalue weighted by Gasteiger charge is -2.26. The van der Waals surface area contributed by atoms with Gasteiger partial charge in [0, 0.05) is 25.5 Å². The summed E-state index contributed by atoms with van der Waals surface area (Å²) in [5.41, 5.74) is 0. The summed E-state index contributed by atoms with van der Waals surface area (Å²) in [5.74, 6) is 0.211. The fourth-order valence-corrected chi connectivity index (χ4v) is 1.78. The minimum atomic E-state index is 0.211. The molecule has 1 fully saturated rings. The quantitative estimate of drug-likeness (QED) is 0.768. The number of imidazole rings is 1. The number of rotatable bonds is 2. The van der Waals surface area contributed by atoms with Crippen molar-refractivity contribution in [3.05, 3.63) is 18.7 Å². The summed E-state index contributed by atoms with van der Waals surface area (Å²) in [6.07, 6.45) is 8.76. The van der Waals surface area contributed by atoms with Crippen molar-refractivity contribution in [2.75, 3.05) is 13.1 Å². The van der Waals surface area contributed by atoms with Crippen LogP contribution in [0.4, 0.5) is 0 Å². The normalized spacial score (nSPS) is 15.2. The number of carbonyl (C=O) groups excluding carboxylic acids is 1. The number of nitrogens with zero attached hydrogens (tertiary/aromatic N) is 3. The molecule has 90 valence electrons. The van der Waals surface area contributed by atoms with Crippen molar-refractivity contribution >= 4 is 5.91 Å². The number of hydrogen-bond acceptors (Lipinski definition) is 2. The van der Waals surface area contributed by atoms with Crippen molar-refractivity contribution in [3.8, 4) is 0 Å². The van der Waals surface area contributed by atoms with E-state index < -0.39 is 0 Å². The van der Waals surface area contributed by atoms with Crippen molar-refractivity contribution in [2.24, 2.45) is 0 Å². The van der Waals surface area contributed by atoms with Crippen LogP contribution >= 0.6 is 0 Å². The molecule has 1 aromatic heterocycles. The molecule has 0 aromatic carbocycles. The summed E-state index contributed by atoms with van der Waals surface area (Å²) < 4.78 is 1.82. The molecule has 4 heteroatoms. The van der Waals surface area contributed by atoms with E-state index in [-0.39, 0.29) is 5.91 Å². The van der Waals surface area contributed by atoms with Crippen LogP contribution in [-0.4, -0.2) is 33.4 Å². The molecule has 1 aromatic rings. The zero-order valence-electron chi connectivity index (χ0n) is 10.2. The van der Waals surface area contributed by atoms with E-state index >= 15 is 0 Å². The Morgan fingerprint density at radius 1 is 1.25 bits per heavy atom. The topological polar surface area (TPSA) is 38.1 Å². The van der Waals surface area contributed by atoms with E-state index in [1.54, 1.807) is 12.5 Å². The van der Waals surface area contributed by atoms with Gasteiger partial charge in [0.1, 0.15) is 6.54 Å². The average molecular weight is 223 g/mol. The highest BCUT2D eigenvalue weighted by molar-refractivity contribution is 5.76. The average Bonchev–Trinajstić information content (AvgIpc) is 2.86. The van der Waals surface area contributed by atoms with Crippen molar-refractivity contribution in [1.29, 1.82) is 0 Å². The van der Waals surface area contributed by atoms with Crippen LogP contribution in [0.3, 0.4) is 0 Å². The van der Waals surface area contributed by atoms with Crippen LogP contribution in [-0.2, 0) is 11.3 Å². The van der Waals surface area contributed by atoms with Gasteiger partial charge in [-0.2, -0.15) is 0 Å². The molecule has 2 rings (SSSR count). The van der Waals surface area contributed by atoms with Crippen LogP contribution in [0.1, 0.15) is 33.1 Å². The van der Waals surface area contributed by atoms with Crippen LogP contribution in [0.2, 0.25) is 0 Å². The predicted octanol–water partition coefficient (Wildman–Crippen LogP) is 1.92. The first-order valence-corrected chi connectivity index (χ1v) is 6.10. The number of aromatic nitrogens is 2. The maximum Gasteiger partial charge on any atom is 0.242 e. The predicted molar refractivity (Wildman–Crippen MR) is 64.0 cm³/mol. The molecule has 1 saturated heterocycles. The first-order valence-electron chi connectivity index (χ1n) is 6.10. The second kappa shape index (κ2) is 7.04. The number of hydrogen-bond donors (Lipinski definition) is 0. The molecular formula is C12H21N3O. The number of carbonyl (C=O) groups is 1. The van der Waals surface area contributed by atoms with Crippen LogP contribution in [0, 0.1) is 0 Å². The number of likely N-dealkylation sites (tertiary alicyclic amines) is 1. The lowest BCUT2D eigenvalue weighted by atomic mass is 10.1. The highest BCUT2D eigenvalue weighted by Crippen LogP contribution is 2.09. The van der Waals surface area contributed by atoms with Crippen LogP contribution in [0.5, 0.6) is 0 Å². The van der Waals surface area contributed by atoms with E-state index in [9.17, 15) is 4.79 Å². The second-order valence-electron chi connectivity index (χ2n) is 3.68. The van der Waals surface area contributed by atoms with Crippen LogP contribution in [0.15, 0.2) is 18.7 Å². The molecule has 0 spiro atoms. The summed E-state index contributed by atoms with van der Waals surface area (Å²) in [4.78, 5) is 17.6. The third-order valence-electron chi connectivity index (χ3n) is 2.59. The second-order valence-corrected chi connectivity index (χ2v) is 3.68.